The number of hydrogen-bond donors (Lipinski definition) is 1. The molecule has 0 heterocycles. The summed E-state index contributed by atoms with van der Waals surface area (Å²) < 4.78 is 5.11. The summed E-state index contributed by atoms with van der Waals surface area (Å²) in [7, 11) is 1.51. The Labute approximate surface area is 107 Å². The summed E-state index contributed by atoms with van der Waals surface area (Å²) in [4.78, 5) is 23.0. The van der Waals surface area contributed by atoms with Crippen LogP contribution in [0.25, 0.3) is 0 Å². The van der Waals surface area contributed by atoms with Crippen LogP contribution in [0, 0.1) is 5.41 Å². The minimum Gasteiger partial charge on any atom is -0.496 e. The van der Waals surface area contributed by atoms with Crippen molar-refractivity contribution in [3.8, 4) is 5.75 Å². The van der Waals surface area contributed by atoms with Gasteiger partial charge in [0.2, 0.25) is 0 Å². The monoisotopic (exact) mass is 250 g/mol. The third kappa shape index (κ3) is 3.32. The number of Topliss-reactive ketones (excluding diaryl/α,β-unsaturated/α-hetero) is 1. The molecule has 1 aromatic rings. The molecule has 1 aromatic carbocycles. The molecule has 4 heteroatoms. The summed E-state index contributed by atoms with van der Waals surface area (Å²) in [5.74, 6) is -0.465. The van der Waals surface area contributed by atoms with Gasteiger partial charge >= 0.3 is 5.97 Å². The molecule has 0 saturated carbocycles. The van der Waals surface area contributed by atoms with E-state index in [2.05, 4.69) is 0 Å². The number of para-hydroxylation sites is 1. The van der Waals surface area contributed by atoms with Gasteiger partial charge in [-0.15, -0.1) is 0 Å². The van der Waals surface area contributed by atoms with Crippen molar-refractivity contribution in [1.29, 1.82) is 0 Å². The van der Waals surface area contributed by atoms with Gasteiger partial charge in [0.25, 0.3) is 0 Å². The number of carboxylic acids is 1. The molecule has 0 unspecified atom stereocenters. The lowest BCUT2D eigenvalue weighted by Gasteiger charge is -2.18. The number of carbonyl (C=O) groups excluding carboxylic acids is 1. The standard InChI is InChI=1S/C14H18O4/c1-14(2,13(16)17)9-8-11(15)10-6-4-5-7-12(10)18-3/h4-7H,8-9H2,1-3H3,(H,16,17). The van der Waals surface area contributed by atoms with Crippen LogP contribution in [0.15, 0.2) is 24.3 Å². The zero-order valence-corrected chi connectivity index (χ0v) is 10.9. The predicted molar refractivity (Wildman–Crippen MR) is 68.0 cm³/mol. The first-order valence-electron chi connectivity index (χ1n) is 5.78. The number of ketones is 1. The average molecular weight is 250 g/mol. The van der Waals surface area contributed by atoms with Crippen molar-refractivity contribution < 1.29 is 19.4 Å². The van der Waals surface area contributed by atoms with Gasteiger partial charge < -0.3 is 9.84 Å². The third-order valence-electron chi connectivity index (χ3n) is 2.96. The second-order valence-corrected chi connectivity index (χ2v) is 4.81. The van der Waals surface area contributed by atoms with Gasteiger partial charge in [0, 0.05) is 6.42 Å². The Morgan fingerprint density at radius 3 is 2.44 bits per heavy atom. The molecule has 0 aliphatic carbocycles. The SMILES string of the molecule is COc1ccccc1C(=O)CCC(C)(C)C(=O)O. The predicted octanol–water partition coefficient (Wildman–Crippen LogP) is 2.77. The number of rotatable bonds is 6. The summed E-state index contributed by atoms with van der Waals surface area (Å²) in [6, 6.07) is 6.96. The normalized spacial score (nSPS) is 11.1. The molecule has 0 aliphatic heterocycles. The molecule has 0 saturated heterocycles. The summed E-state index contributed by atoms with van der Waals surface area (Å²) in [5.41, 5.74) is -0.390. The molecule has 0 amide bonds. The highest BCUT2D eigenvalue weighted by Gasteiger charge is 2.28. The Bertz CT molecular complexity index is 449. The lowest BCUT2D eigenvalue weighted by atomic mass is 9.86. The van der Waals surface area contributed by atoms with Crippen molar-refractivity contribution in [1.82, 2.24) is 0 Å². The fourth-order valence-electron chi connectivity index (χ4n) is 1.54. The van der Waals surface area contributed by atoms with Crippen LogP contribution in [0.3, 0.4) is 0 Å². The van der Waals surface area contributed by atoms with E-state index < -0.39 is 11.4 Å². The van der Waals surface area contributed by atoms with Crippen LogP contribution < -0.4 is 4.74 Å². The maximum atomic E-state index is 12.0. The molecule has 0 aliphatic rings. The Morgan fingerprint density at radius 2 is 1.89 bits per heavy atom. The summed E-state index contributed by atoms with van der Waals surface area (Å²) >= 11 is 0. The number of carbonyl (C=O) groups is 2. The Morgan fingerprint density at radius 1 is 1.28 bits per heavy atom. The first-order valence-corrected chi connectivity index (χ1v) is 5.78. The van der Waals surface area contributed by atoms with Gasteiger partial charge in [-0.05, 0) is 32.4 Å². The van der Waals surface area contributed by atoms with Gasteiger partial charge in [0.05, 0.1) is 18.1 Å². The third-order valence-corrected chi connectivity index (χ3v) is 2.96. The van der Waals surface area contributed by atoms with E-state index in [9.17, 15) is 9.59 Å². The van der Waals surface area contributed by atoms with Crippen LogP contribution in [0.4, 0.5) is 0 Å². The van der Waals surface area contributed by atoms with E-state index in [-0.39, 0.29) is 12.2 Å². The number of carboxylic acid groups (broad SMARTS) is 1. The molecule has 0 fully saturated rings. The lowest BCUT2D eigenvalue weighted by molar-refractivity contribution is -0.147. The molecule has 0 spiro atoms. The molecule has 98 valence electrons. The van der Waals surface area contributed by atoms with E-state index >= 15 is 0 Å². The number of ether oxygens (including phenoxy) is 1. The van der Waals surface area contributed by atoms with Gasteiger partial charge in [0.1, 0.15) is 5.75 Å². The molecule has 0 radical (unpaired) electrons. The lowest BCUT2D eigenvalue weighted by Crippen LogP contribution is -2.24. The maximum absolute atomic E-state index is 12.0. The topological polar surface area (TPSA) is 63.6 Å². The summed E-state index contributed by atoms with van der Waals surface area (Å²) in [5, 5.41) is 8.99. The van der Waals surface area contributed by atoms with Gasteiger partial charge in [-0.3, -0.25) is 9.59 Å². The fraction of sp³-hybridized carbons (Fsp3) is 0.429. The highest BCUT2D eigenvalue weighted by Crippen LogP contribution is 2.26. The van der Waals surface area contributed by atoms with Gasteiger partial charge in [-0.25, -0.2) is 0 Å². The molecule has 0 bridgehead atoms. The van der Waals surface area contributed by atoms with E-state index in [1.54, 1.807) is 38.1 Å². The molecule has 4 nitrogen and oxygen atoms in total. The first kappa shape index (κ1) is 14.2. The van der Waals surface area contributed by atoms with Gasteiger partial charge in [0.15, 0.2) is 5.78 Å². The van der Waals surface area contributed by atoms with Crippen molar-refractivity contribution in [3.63, 3.8) is 0 Å². The van der Waals surface area contributed by atoms with Crippen LogP contribution in [-0.4, -0.2) is 24.0 Å². The van der Waals surface area contributed by atoms with Gasteiger partial charge in [-0.1, -0.05) is 12.1 Å². The Balaban J connectivity index is 2.75. The molecule has 1 rings (SSSR count). The van der Waals surface area contributed by atoms with Crippen molar-refractivity contribution in [2.75, 3.05) is 7.11 Å². The number of hydrogen-bond acceptors (Lipinski definition) is 3. The zero-order chi connectivity index (χ0) is 13.8. The molecule has 0 atom stereocenters. The first-order chi connectivity index (χ1) is 8.38. The number of benzene rings is 1. The van der Waals surface area contributed by atoms with E-state index in [0.29, 0.717) is 17.7 Å². The van der Waals surface area contributed by atoms with E-state index in [1.165, 1.54) is 7.11 Å². The minimum absolute atomic E-state index is 0.0956. The average Bonchev–Trinajstić information content (AvgIpc) is 2.35. The van der Waals surface area contributed by atoms with Crippen LogP contribution in [0.2, 0.25) is 0 Å². The number of aliphatic carboxylic acids is 1. The zero-order valence-electron chi connectivity index (χ0n) is 10.9. The largest absolute Gasteiger partial charge is 0.496 e. The quantitative estimate of drug-likeness (QED) is 0.788. The Hall–Kier alpha value is -1.84. The van der Waals surface area contributed by atoms with Crippen molar-refractivity contribution in [2.24, 2.45) is 5.41 Å². The van der Waals surface area contributed by atoms with E-state index in [4.69, 9.17) is 9.84 Å². The highest BCUT2D eigenvalue weighted by atomic mass is 16.5. The van der Waals surface area contributed by atoms with E-state index in [1.807, 2.05) is 0 Å². The molecule has 1 N–H and O–H groups in total. The van der Waals surface area contributed by atoms with E-state index in [0.717, 1.165) is 0 Å². The van der Waals surface area contributed by atoms with Crippen LogP contribution in [0.1, 0.15) is 37.0 Å². The fourth-order valence-corrected chi connectivity index (χ4v) is 1.54. The molecular formula is C14H18O4. The summed E-state index contributed by atoms with van der Waals surface area (Å²) in [6.07, 6.45) is 0.499. The second kappa shape index (κ2) is 5.67. The molecule has 18 heavy (non-hydrogen) atoms. The van der Waals surface area contributed by atoms with Crippen molar-refractivity contribution in [2.45, 2.75) is 26.7 Å². The molecular weight excluding hydrogens is 232 g/mol. The van der Waals surface area contributed by atoms with Crippen LogP contribution >= 0.6 is 0 Å². The van der Waals surface area contributed by atoms with Crippen LogP contribution in [0.5, 0.6) is 5.75 Å². The summed E-state index contributed by atoms with van der Waals surface area (Å²) in [6.45, 7) is 3.23. The molecule has 0 aromatic heterocycles. The smallest absolute Gasteiger partial charge is 0.309 e. The second-order valence-electron chi connectivity index (χ2n) is 4.81. The maximum Gasteiger partial charge on any atom is 0.309 e. The Kier molecular flexibility index (Phi) is 4.48. The van der Waals surface area contributed by atoms with Gasteiger partial charge in [-0.2, -0.15) is 0 Å². The van der Waals surface area contributed by atoms with Crippen molar-refractivity contribution >= 4 is 11.8 Å². The minimum atomic E-state index is -0.893. The highest BCUT2D eigenvalue weighted by molar-refractivity contribution is 5.98. The van der Waals surface area contributed by atoms with Crippen LogP contribution in [-0.2, 0) is 4.79 Å². The van der Waals surface area contributed by atoms with Crippen molar-refractivity contribution in [3.05, 3.63) is 29.8 Å². The number of methoxy groups -OCH3 is 1.